The van der Waals surface area contributed by atoms with E-state index in [1.54, 1.807) is 0 Å². The van der Waals surface area contributed by atoms with Crippen molar-refractivity contribution in [3.63, 3.8) is 0 Å². The molecule has 5 nitrogen and oxygen atoms in total. The molecule has 5 heteroatoms. The highest BCUT2D eigenvalue weighted by molar-refractivity contribution is 5.76. The molecule has 1 amide bonds. The molecule has 1 fully saturated rings. The van der Waals surface area contributed by atoms with Crippen molar-refractivity contribution in [1.29, 1.82) is 0 Å². The molecule has 0 aliphatic carbocycles. The predicted octanol–water partition coefficient (Wildman–Crippen LogP) is 1.70. The van der Waals surface area contributed by atoms with Crippen LogP contribution in [0.5, 0.6) is 0 Å². The Morgan fingerprint density at radius 2 is 2.29 bits per heavy atom. The Morgan fingerprint density at radius 3 is 2.90 bits per heavy atom. The van der Waals surface area contributed by atoms with Gasteiger partial charge in [-0.1, -0.05) is 13.8 Å². The van der Waals surface area contributed by atoms with E-state index in [2.05, 4.69) is 19.2 Å². The van der Waals surface area contributed by atoms with Gasteiger partial charge >= 0.3 is 0 Å². The highest BCUT2D eigenvalue weighted by Crippen LogP contribution is 2.14. The van der Waals surface area contributed by atoms with Crippen LogP contribution in [0.2, 0.25) is 0 Å². The van der Waals surface area contributed by atoms with Crippen molar-refractivity contribution in [1.82, 2.24) is 5.32 Å². The second kappa shape index (κ2) is 11.0. The highest BCUT2D eigenvalue weighted by Gasteiger charge is 2.15. The van der Waals surface area contributed by atoms with Crippen LogP contribution in [0.25, 0.3) is 0 Å². The minimum atomic E-state index is 0.102. The van der Waals surface area contributed by atoms with E-state index in [1.807, 2.05) is 0 Å². The van der Waals surface area contributed by atoms with Crippen LogP contribution >= 0.6 is 0 Å². The lowest BCUT2D eigenvalue weighted by atomic mass is 9.94. The molecule has 21 heavy (non-hydrogen) atoms. The van der Waals surface area contributed by atoms with Gasteiger partial charge in [0.05, 0.1) is 12.7 Å². The first-order valence-electron chi connectivity index (χ1n) is 8.28. The summed E-state index contributed by atoms with van der Waals surface area (Å²) in [6, 6.07) is 0. The molecule has 1 heterocycles. The minimum absolute atomic E-state index is 0.102. The van der Waals surface area contributed by atoms with E-state index in [4.69, 9.17) is 15.2 Å². The number of nitrogens with two attached hydrogens (primary N) is 1. The molecule has 0 aromatic rings. The van der Waals surface area contributed by atoms with Crippen molar-refractivity contribution < 1.29 is 14.3 Å². The molecule has 2 atom stereocenters. The maximum Gasteiger partial charge on any atom is 0.220 e. The van der Waals surface area contributed by atoms with E-state index in [0.717, 1.165) is 32.3 Å². The molecule has 0 saturated carbocycles. The lowest BCUT2D eigenvalue weighted by Crippen LogP contribution is -2.30. The van der Waals surface area contributed by atoms with Gasteiger partial charge in [0, 0.05) is 26.2 Å². The first-order chi connectivity index (χ1) is 10.1. The van der Waals surface area contributed by atoms with Crippen molar-refractivity contribution in [3.05, 3.63) is 0 Å². The summed E-state index contributed by atoms with van der Waals surface area (Å²) >= 11 is 0. The summed E-state index contributed by atoms with van der Waals surface area (Å²) in [7, 11) is 0. The summed E-state index contributed by atoms with van der Waals surface area (Å²) in [6.45, 7) is 7.78. The van der Waals surface area contributed by atoms with Gasteiger partial charge in [-0.2, -0.15) is 0 Å². The zero-order valence-corrected chi connectivity index (χ0v) is 13.6. The first-order valence-corrected chi connectivity index (χ1v) is 8.28. The van der Waals surface area contributed by atoms with E-state index in [1.165, 1.54) is 0 Å². The fourth-order valence-electron chi connectivity index (χ4n) is 2.66. The van der Waals surface area contributed by atoms with Crippen LogP contribution in [-0.2, 0) is 14.3 Å². The van der Waals surface area contributed by atoms with Gasteiger partial charge in [0.15, 0.2) is 0 Å². The largest absolute Gasteiger partial charge is 0.379 e. The van der Waals surface area contributed by atoms with Crippen LogP contribution in [-0.4, -0.2) is 44.9 Å². The van der Waals surface area contributed by atoms with Crippen LogP contribution in [0.4, 0.5) is 0 Å². The van der Waals surface area contributed by atoms with Crippen LogP contribution in [0, 0.1) is 11.8 Å². The Hall–Kier alpha value is -0.650. The van der Waals surface area contributed by atoms with Gasteiger partial charge in [-0.15, -0.1) is 0 Å². The van der Waals surface area contributed by atoms with Gasteiger partial charge in [0.1, 0.15) is 0 Å². The lowest BCUT2D eigenvalue weighted by molar-refractivity contribution is -0.122. The Balaban J connectivity index is 1.96. The molecule has 3 N–H and O–H groups in total. The molecular weight excluding hydrogens is 268 g/mol. The van der Waals surface area contributed by atoms with Crippen molar-refractivity contribution in [3.8, 4) is 0 Å². The zero-order chi connectivity index (χ0) is 15.5. The molecule has 2 unspecified atom stereocenters. The summed E-state index contributed by atoms with van der Waals surface area (Å²) in [5.74, 6) is 0.976. The van der Waals surface area contributed by atoms with Gasteiger partial charge < -0.3 is 20.5 Å². The summed E-state index contributed by atoms with van der Waals surface area (Å²) in [5.41, 5.74) is 5.71. The molecule has 1 aliphatic rings. The van der Waals surface area contributed by atoms with E-state index in [9.17, 15) is 4.79 Å². The molecule has 0 radical (unpaired) electrons. The van der Waals surface area contributed by atoms with Crippen LogP contribution in [0.15, 0.2) is 0 Å². The number of rotatable bonds is 11. The SMILES string of the molecule is CC(C)CC(CN)CC(=O)NCCCOCC1CCCO1. The van der Waals surface area contributed by atoms with Gasteiger partial charge in [-0.25, -0.2) is 0 Å². The minimum Gasteiger partial charge on any atom is -0.379 e. The Morgan fingerprint density at radius 1 is 1.48 bits per heavy atom. The summed E-state index contributed by atoms with van der Waals surface area (Å²) < 4.78 is 11.0. The Labute approximate surface area is 128 Å². The maximum atomic E-state index is 11.8. The lowest BCUT2D eigenvalue weighted by Gasteiger charge is -2.16. The molecule has 0 aromatic heterocycles. The number of ether oxygens (including phenoxy) is 2. The van der Waals surface area contributed by atoms with Crippen LogP contribution < -0.4 is 11.1 Å². The van der Waals surface area contributed by atoms with E-state index < -0.39 is 0 Å². The monoisotopic (exact) mass is 300 g/mol. The van der Waals surface area contributed by atoms with E-state index >= 15 is 0 Å². The predicted molar refractivity (Wildman–Crippen MR) is 84.0 cm³/mol. The summed E-state index contributed by atoms with van der Waals surface area (Å²) in [5, 5.41) is 2.94. The second-order valence-electron chi connectivity index (χ2n) is 6.35. The topological polar surface area (TPSA) is 73.6 Å². The fraction of sp³-hybridized carbons (Fsp3) is 0.938. The molecule has 124 valence electrons. The maximum absolute atomic E-state index is 11.8. The number of hydrogen-bond donors (Lipinski definition) is 2. The van der Waals surface area contributed by atoms with Crippen LogP contribution in [0.3, 0.4) is 0 Å². The normalized spacial score (nSPS) is 19.9. The Bertz CT molecular complexity index is 279. The number of carbonyl (C=O) groups excluding carboxylic acids is 1. The zero-order valence-electron chi connectivity index (χ0n) is 13.6. The number of carbonyl (C=O) groups is 1. The third kappa shape index (κ3) is 9.06. The number of amides is 1. The fourth-order valence-corrected chi connectivity index (χ4v) is 2.66. The van der Waals surface area contributed by atoms with Gasteiger partial charge in [0.2, 0.25) is 5.91 Å². The van der Waals surface area contributed by atoms with E-state index in [0.29, 0.717) is 44.6 Å². The average Bonchev–Trinajstić information content (AvgIpc) is 2.94. The quantitative estimate of drug-likeness (QED) is 0.570. The molecule has 0 aromatic carbocycles. The second-order valence-corrected chi connectivity index (χ2v) is 6.35. The van der Waals surface area contributed by atoms with Gasteiger partial charge in [-0.3, -0.25) is 4.79 Å². The number of nitrogens with one attached hydrogen (secondary N) is 1. The third-order valence-electron chi connectivity index (χ3n) is 3.73. The molecular formula is C16H32N2O3. The molecule has 0 bridgehead atoms. The van der Waals surface area contributed by atoms with Crippen molar-refractivity contribution in [2.45, 2.75) is 52.1 Å². The summed E-state index contributed by atoms with van der Waals surface area (Å²) in [4.78, 5) is 11.8. The van der Waals surface area contributed by atoms with Gasteiger partial charge in [-0.05, 0) is 44.1 Å². The first kappa shape index (κ1) is 18.4. The summed E-state index contributed by atoms with van der Waals surface area (Å²) in [6.07, 6.45) is 4.91. The average molecular weight is 300 g/mol. The van der Waals surface area contributed by atoms with Gasteiger partial charge in [0.25, 0.3) is 0 Å². The third-order valence-corrected chi connectivity index (χ3v) is 3.73. The van der Waals surface area contributed by atoms with E-state index in [-0.39, 0.29) is 12.0 Å². The molecule has 1 rings (SSSR count). The van der Waals surface area contributed by atoms with Crippen molar-refractivity contribution in [2.75, 3.05) is 32.9 Å². The highest BCUT2D eigenvalue weighted by atomic mass is 16.5. The van der Waals surface area contributed by atoms with Crippen LogP contribution in [0.1, 0.15) is 46.0 Å². The van der Waals surface area contributed by atoms with Crippen molar-refractivity contribution >= 4 is 5.91 Å². The molecule has 1 aliphatic heterocycles. The smallest absolute Gasteiger partial charge is 0.220 e. The molecule has 1 saturated heterocycles. The van der Waals surface area contributed by atoms with Crippen molar-refractivity contribution in [2.24, 2.45) is 17.6 Å². The standard InChI is InChI=1S/C16H32N2O3/c1-13(2)9-14(11-17)10-16(19)18-6-4-7-20-12-15-5-3-8-21-15/h13-15H,3-12,17H2,1-2H3,(H,18,19). The number of hydrogen-bond acceptors (Lipinski definition) is 4. The Kier molecular flexibility index (Phi) is 9.63. The molecule has 0 spiro atoms.